The molecule has 0 radical (unpaired) electrons. The lowest BCUT2D eigenvalue weighted by Crippen LogP contribution is -2.25. The van der Waals surface area contributed by atoms with Crippen molar-refractivity contribution in [2.45, 2.75) is 27.2 Å². The first-order chi connectivity index (χ1) is 7.50. The molecule has 0 bridgehead atoms. The van der Waals surface area contributed by atoms with Crippen LogP contribution in [-0.2, 0) is 0 Å². The Labute approximate surface area is 106 Å². The van der Waals surface area contributed by atoms with Crippen molar-refractivity contribution in [3.8, 4) is 0 Å². The lowest BCUT2D eigenvalue weighted by Gasteiger charge is -2.09. The lowest BCUT2D eigenvalue weighted by molar-refractivity contribution is 0.0951. The van der Waals surface area contributed by atoms with Gasteiger partial charge in [-0.2, -0.15) is 0 Å². The summed E-state index contributed by atoms with van der Waals surface area (Å²) in [6, 6.07) is 5.79. The molecule has 88 valence electrons. The molecule has 1 N–H and O–H groups in total. The minimum Gasteiger partial charge on any atom is -0.352 e. The molecule has 0 aromatic heterocycles. The van der Waals surface area contributed by atoms with Crippen molar-refractivity contribution in [2.75, 3.05) is 6.54 Å². The molecule has 2 nitrogen and oxygen atoms in total. The van der Waals surface area contributed by atoms with Crippen LogP contribution in [0.4, 0.5) is 0 Å². The summed E-state index contributed by atoms with van der Waals surface area (Å²) >= 11 is 3.39. The highest BCUT2D eigenvalue weighted by Crippen LogP contribution is 2.17. The second kappa shape index (κ2) is 6.04. The van der Waals surface area contributed by atoms with E-state index in [2.05, 4.69) is 35.1 Å². The number of carbonyl (C=O) groups is 1. The molecule has 0 spiro atoms. The summed E-state index contributed by atoms with van der Waals surface area (Å²) in [7, 11) is 0. The summed E-state index contributed by atoms with van der Waals surface area (Å²) in [5.41, 5.74) is 1.81. The lowest BCUT2D eigenvalue weighted by atomic mass is 10.1. The Hall–Kier alpha value is -0.830. The molecule has 0 unspecified atom stereocenters. The van der Waals surface area contributed by atoms with Gasteiger partial charge in [0.1, 0.15) is 0 Å². The fourth-order valence-corrected chi connectivity index (χ4v) is 1.81. The Kier molecular flexibility index (Phi) is 5.00. The fraction of sp³-hybridized carbons (Fsp3) is 0.462. The zero-order valence-electron chi connectivity index (χ0n) is 10.0. The molecular weight excluding hydrogens is 266 g/mol. The maximum absolute atomic E-state index is 11.9. The molecule has 0 atom stereocenters. The molecule has 16 heavy (non-hydrogen) atoms. The van der Waals surface area contributed by atoms with Crippen LogP contribution in [0.1, 0.15) is 36.2 Å². The van der Waals surface area contributed by atoms with Crippen molar-refractivity contribution in [3.63, 3.8) is 0 Å². The minimum absolute atomic E-state index is 0.00350. The van der Waals surface area contributed by atoms with Gasteiger partial charge < -0.3 is 5.32 Å². The minimum atomic E-state index is -0.00350. The SMILES string of the molecule is Cc1ccc(Br)c(C(=O)NCCC(C)C)c1. The second-order valence-corrected chi connectivity index (χ2v) is 5.28. The Bertz CT molecular complexity index is 374. The van der Waals surface area contributed by atoms with E-state index in [4.69, 9.17) is 0 Å². The van der Waals surface area contributed by atoms with E-state index in [-0.39, 0.29) is 5.91 Å². The topological polar surface area (TPSA) is 29.1 Å². The van der Waals surface area contributed by atoms with Gasteiger partial charge in [-0.25, -0.2) is 0 Å². The summed E-state index contributed by atoms with van der Waals surface area (Å²) < 4.78 is 0.847. The number of amides is 1. The number of rotatable bonds is 4. The van der Waals surface area contributed by atoms with E-state index in [0.717, 1.165) is 23.0 Å². The number of benzene rings is 1. The Balaban J connectivity index is 2.62. The van der Waals surface area contributed by atoms with Crippen molar-refractivity contribution in [1.29, 1.82) is 0 Å². The van der Waals surface area contributed by atoms with Gasteiger partial charge in [0.05, 0.1) is 5.56 Å². The summed E-state index contributed by atoms with van der Waals surface area (Å²) in [4.78, 5) is 11.9. The smallest absolute Gasteiger partial charge is 0.252 e. The maximum atomic E-state index is 11.9. The number of halogens is 1. The normalized spacial score (nSPS) is 10.6. The Morgan fingerprint density at radius 2 is 2.12 bits per heavy atom. The van der Waals surface area contributed by atoms with Gasteiger partial charge in [-0.05, 0) is 47.3 Å². The van der Waals surface area contributed by atoms with Crippen LogP contribution < -0.4 is 5.32 Å². The van der Waals surface area contributed by atoms with Crippen LogP contribution in [0.5, 0.6) is 0 Å². The number of aryl methyl sites for hydroxylation is 1. The van der Waals surface area contributed by atoms with Crippen molar-refractivity contribution in [3.05, 3.63) is 33.8 Å². The van der Waals surface area contributed by atoms with Crippen LogP contribution in [0.25, 0.3) is 0 Å². The molecule has 0 aliphatic heterocycles. The van der Waals surface area contributed by atoms with Crippen molar-refractivity contribution in [1.82, 2.24) is 5.32 Å². The Morgan fingerprint density at radius 1 is 1.44 bits per heavy atom. The first-order valence-corrected chi connectivity index (χ1v) is 6.34. The van der Waals surface area contributed by atoms with Gasteiger partial charge in [0, 0.05) is 11.0 Å². The predicted octanol–water partition coefficient (Wildman–Crippen LogP) is 3.53. The van der Waals surface area contributed by atoms with Crippen LogP contribution in [0.15, 0.2) is 22.7 Å². The standard InChI is InChI=1S/C13H18BrNO/c1-9(2)6-7-15-13(16)11-8-10(3)4-5-12(11)14/h4-5,8-9H,6-7H2,1-3H3,(H,15,16). The van der Waals surface area contributed by atoms with Crippen LogP contribution in [-0.4, -0.2) is 12.5 Å². The Morgan fingerprint density at radius 3 is 2.75 bits per heavy atom. The molecule has 0 aliphatic carbocycles. The van der Waals surface area contributed by atoms with E-state index in [1.54, 1.807) is 0 Å². The zero-order valence-corrected chi connectivity index (χ0v) is 11.6. The van der Waals surface area contributed by atoms with E-state index >= 15 is 0 Å². The monoisotopic (exact) mass is 283 g/mol. The maximum Gasteiger partial charge on any atom is 0.252 e. The average Bonchev–Trinajstić information content (AvgIpc) is 2.21. The molecule has 0 aliphatic rings. The van der Waals surface area contributed by atoms with Gasteiger partial charge in [0.15, 0.2) is 0 Å². The molecule has 0 fully saturated rings. The van der Waals surface area contributed by atoms with Gasteiger partial charge in [0.25, 0.3) is 5.91 Å². The molecule has 0 saturated heterocycles. The van der Waals surface area contributed by atoms with Crippen LogP contribution in [0.2, 0.25) is 0 Å². The highest BCUT2D eigenvalue weighted by atomic mass is 79.9. The third kappa shape index (κ3) is 3.97. The molecule has 1 amide bonds. The highest BCUT2D eigenvalue weighted by molar-refractivity contribution is 9.10. The van der Waals surface area contributed by atoms with Crippen molar-refractivity contribution >= 4 is 21.8 Å². The molecule has 0 saturated carbocycles. The second-order valence-electron chi connectivity index (χ2n) is 4.42. The van der Waals surface area contributed by atoms with Crippen LogP contribution in [0, 0.1) is 12.8 Å². The van der Waals surface area contributed by atoms with Gasteiger partial charge in [-0.15, -0.1) is 0 Å². The molecule has 1 rings (SSSR count). The number of hydrogen-bond acceptors (Lipinski definition) is 1. The van der Waals surface area contributed by atoms with E-state index in [1.807, 2.05) is 25.1 Å². The molecule has 1 aromatic rings. The summed E-state index contributed by atoms with van der Waals surface area (Å²) in [5, 5.41) is 2.93. The van der Waals surface area contributed by atoms with Gasteiger partial charge in [0.2, 0.25) is 0 Å². The van der Waals surface area contributed by atoms with Gasteiger partial charge >= 0.3 is 0 Å². The first kappa shape index (κ1) is 13.2. The largest absolute Gasteiger partial charge is 0.352 e. The van der Waals surface area contributed by atoms with Crippen molar-refractivity contribution < 1.29 is 4.79 Å². The zero-order chi connectivity index (χ0) is 12.1. The molecule has 0 heterocycles. The summed E-state index contributed by atoms with van der Waals surface area (Å²) in [5.74, 6) is 0.609. The third-order valence-electron chi connectivity index (χ3n) is 2.37. The van der Waals surface area contributed by atoms with Crippen LogP contribution >= 0.6 is 15.9 Å². The van der Waals surface area contributed by atoms with Gasteiger partial charge in [-0.1, -0.05) is 25.5 Å². The predicted molar refractivity (Wildman–Crippen MR) is 70.7 cm³/mol. The van der Waals surface area contributed by atoms with E-state index in [9.17, 15) is 4.79 Å². The third-order valence-corrected chi connectivity index (χ3v) is 3.07. The molecule has 3 heteroatoms. The van der Waals surface area contributed by atoms with E-state index in [0.29, 0.717) is 11.5 Å². The summed E-state index contributed by atoms with van der Waals surface area (Å²) in [6.45, 7) is 7.01. The number of hydrogen-bond donors (Lipinski definition) is 1. The molecular formula is C13H18BrNO. The quantitative estimate of drug-likeness (QED) is 0.900. The molecule has 1 aromatic carbocycles. The van der Waals surface area contributed by atoms with Crippen LogP contribution in [0.3, 0.4) is 0 Å². The first-order valence-electron chi connectivity index (χ1n) is 5.55. The average molecular weight is 284 g/mol. The van der Waals surface area contributed by atoms with E-state index in [1.165, 1.54) is 0 Å². The number of carbonyl (C=O) groups excluding carboxylic acids is 1. The summed E-state index contributed by atoms with van der Waals surface area (Å²) in [6.07, 6.45) is 1.01. The van der Waals surface area contributed by atoms with E-state index < -0.39 is 0 Å². The number of nitrogens with one attached hydrogen (secondary N) is 1. The fourth-order valence-electron chi connectivity index (χ4n) is 1.38. The van der Waals surface area contributed by atoms with Gasteiger partial charge in [-0.3, -0.25) is 4.79 Å². The highest BCUT2D eigenvalue weighted by Gasteiger charge is 2.09. The van der Waals surface area contributed by atoms with Crippen molar-refractivity contribution in [2.24, 2.45) is 5.92 Å².